The number of hydrogen-bond donors (Lipinski definition) is 0. The Balaban J connectivity index is 2.73. The SMILES string of the molecule is C[Si]1(C)OC(=O)c2cccc(F)c21. The van der Waals surface area contributed by atoms with Gasteiger partial charge in [0.1, 0.15) is 5.82 Å². The monoisotopic (exact) mass is 196 g/mol. The van der Waals surface area contributed by atoms with Gasteiger partial charge < -0.3 is 4.43 Å². The zero-order valence-corrected chi connectivity index (χ0v) is 8.43. The minimum Gasteiger partial charge on any atom is -0.512 e. The van der Waals surface area contributed by atoms with Gasteiger partial charge in [0.15, 0.2) is 0 Å². The van der Waals surface area contributed by atoms with Crippen molar-refractivity contribution in [3.05, 3.63) is 29.6 Å². The van der Waals surface area contributed by atoms with E-state index in [1.54, 1.807) is 6.07 Å². The van der Waals surface area contributed by atoms with Gasteiger partial charge in [0, 0.05) is 5.19 Å². The van der Waals surface area contributed by atoms with Crippen LogP contribution in [-0.2, 0) is 4.43 Å². The molecular formula is C9H9FO2Si. The van der Waals surface area contributed by atoms with Crippen LogP contribution in [0, 0.1) is 5.82 Å². The smallest absolute Gasteiger partial charge is 0.325 e. The minimum absolute atomic E-state index is 0.319. The second-order valence-electron chi connectivity index (χ2n) is 3.56. The first-order valence-electron chi connectivity index (χ1n) is 4.05. The molecule has 1 aliphatic rings. The third-order valence-corrected chi connectivity index (χ3v) is 4.59. The molecule has 1 aromatic carbocycles. The van der Waals surface area contributed by atoms with Crippen LogP contribution in [0.5, 0.6) is 0 Å². The maximum absolute atomic E-state index is 13.4. The highest BCUT2D eigenvalue weighted by Crippen LogP contribution is 2.20. The third-order valence-electron chi connectivity index (χ3n) is 2.18. The lowest BCUT2D eigenvalue weighted by atomic mass is 10.2. The molecule has 0 radical (unpaired) electrons. The zero-order chi connectivity index (χ0) is 9.64. The van der Waals surface area contributed by atoms with Crippen molar-refractivity contribution in [2.24, 2.45) is 0 Å². The first-order valence-corrected chi connectivity index (χ1v) is 6.95. The van der Waals surface area contributed by atoms with Crippen LogP contribution in [0.2, 0.25) is 13.1 Å². The molecule has 0 spiro atoms. The Morgan fingerprint density at radius 1 is 1.38 bits per heavy atom. The van der Waals surface area contributed by atoms with Gasteiger partial charge in [-0.2, -0.15) is 0 Å². The Hall–Kier alpha value is -1.16. The van der Waals surface area contributed by atoms with Crippen molar-refractivity contribution in [2.75, 3.05) is 0 Å². The van der Waals surface area contributed by atoms with E-state index in [9.17, 15) is 9.18 Å². The number of carbonyl (C=O) groups is 1. The van der Waals surface area contributed by atoms with Gasteiger partial charge in [0.25, 0.3) is 8.32 Å². The van der Waals surface area contributed by atoms with Crippen LogP contribution in [0.4, 0.5) is 4.39 Å². The van der Waals surface area contributed by atoms with Crippen molar-refractivity contribution < 1.29 is 13.6 Å². The molecule has 0 aliphatic carbocycles. The van der Waals surface area contributed by atoms with Gasteiger partial charge in [-0.3, -0.25) is 0 Å². The molecule has 0 saturated heterocycles. The lowest BCUT2D eigenvalue weighted by Gasteiger charge is -2.14. The first kappa shape index (κ1) is 8.44. The Labute approximate surface area is 76.5 Å². The van der Waals surface area contributed by atoms with Crippen molar-refractivity contribution in [1.29, 1.82) is 0 Å². The lowest BCUT2D eigenvalue weighted by Crippen LogP contribution is -2.42. The highest BCUT2D eigenvalue weighted by Gasteiger charge is 2.42. The number of benzene rings is 1. The summed E-state index contributed by atoms with van der Waals surface area (Å²) in [4.78, 5) is 11.3. The number of carbonyl (C=O) groups excluding carboxylic acids is 1. The summed E-state index contributed by atoms with van der Waals surface area (Å²) in [7, 11) is -2.29. The molecule has 1 heterocycles. The maximum atomic E-state index is 13.4. The molecule has 2 rings (SSSR count). The second-order valence-corrected chi connectivity index (χ2v) is 7.29. The molecule has 4 heteroatoms. The van der Waals surface area contributed by atoms with Crippen LogP contribution in [0.3, 0.4) is 0 Å². The predicted octanol–water partition coefficient (Wildman–Crippen LogP) is 1.41. The summed E-state index contributed by atoms with van der Waals surface area (Å²) in [5, 5.41) is 0.500. The highest BCUT2D eigenvalue weighted by molar-refractivity contribution is 6.88. The van der Waals surface area contributed by atoms with Gasteiger partial charge >= 0.3 is 5.97 Å². The van der Waals surface area contributed by atoms with Gasteiger partial charge in [-0.15, -0.1) is 0 Å². The largest absolute Gasteiger partial charge is 0.512 e. The quantitative estimate of drug-likeness (QED) is 0.586. The lowest BCUT2D eigenvalue weighted by molar-refractivity contribution is 0.0743. The summed E-state index contributed by atoms with van der Waals surface area (Å²) in [6.45, 7) is 3.64. The third kappa shape index (κ3) is 1.09. The van der Waals surface area contributed by atoms with E-state index in [1.165, 1.54) is 12.1 Å². The normalized spacial score (nSPS) is 18.2. The number of halogens is 1. The molecule has 1 aromatic rings. The summed E-state index contributed by atoms with van der Waals surface area (Å²) in [5.74, 6) is -0.703. The Kier molecular flexibility index (Phi) is 1.57. The first-order chi connectivity index (χ1) is 6.02. The van der Waals surface area contributed by atoms with Gasteiger partial charge in [0.05, 0.1) is 5.56 Å². The molecule has 0 unspecified atom stereocenters. The molecule has 0 bridgehead atoms. The van der Waals surface area contributed by atoms with Crippen LogP contribution >= 0.6 is 0 Å². The Bertz CT molecular complexity index is 387. The molecule has 13 heavy (non-hydrogen) atoms. The van der Waals surface area contributed by atoms with Gasteiger partial charge in [-0.05, 0) is 25.2 Å². The fourth-order valence-electron chi connectivity index (χ4n) is 1.64. The summed E-state index contributed by atoms with van der Waals surface area (Å²) in [5.41, 5.74) is 0.400. The van der Waals surface area contributed by atoms with Gasteiger partial charge in [0.2, 0.25) is 0 Å². The van der Waals surface area contributed by atoms with Crippen LogP contribution in [0.15, 0.2) is 18.2 Å². The van der Waals surface area contributed by atoms with Gasteiger partial charge in [-0.1, -0.05) is 6.07 Å². The topological polar surface area (TPSA) is 26.3 Å². The fourth-order valence-corrected chi connectivity index (χ4v) is 3.81. The number of hydrogen-bond acceptors (Lipinski definition) is 2. The molecule has 2 nitrogen and oxygen atoms in total. The second kappa shape index (κ2) is 2.42. The zero-order valence-electron chi connectivity index (χ0n) is 7.43. The number of fused-ring (bicyclic) bond motifs is 1. The average Bonchev–Trinajstić information content (AvgIpc) is 2.24. The van der Waals surface area contributed by atoms with Crippen molar-refractivity contribution in [3.63, 3.8) is 0 Å². The maximum Gasteiger partial charge on any atom is 0.325 e. The number of rotatable bonds is 0. The Morgan fingerprint density at radius 3 is 2.69 bits per heavy atom. The molecule has 1 aliphatic heterocycles. The summed E-state index contributed by atoms with van der Waals surface area (Å²) < 4.78 is 18.5. The van der Waals surface area contributed by atoms with E-state index in [2.05, 4.69) is 0 Å². The van der Waals surface area contributed by atoms with E-state index >= 15 is 0 Å². The fraction of sp³-hybridized carbons (Fsp3) is 0.222. The van der Waals surface area contributed by atoms with Crippen LogP contribution in [-0.4, -0.2) is 14.3 Å². The summed E-state index contributed by atoms with van der Waals surface area (Å²) in [6.07, 6.45) is 0. The van der Waals surface area contributed by atoms with Crippen molar-refractivity contribution >= 4 is 19.5 Å². The van der Waals surface area contributed by atoms with Crippen molar-refractivity contribution in [1.82, 2.24) is 0 Å². The molecular weight excluding hydrogens is 187 g/mol. The molecule has 68 valence electrons. The molecule has 0 fully saturated rings. The predicted molar refractivity (Wildman–Crippen MR) is 48.9 cm³/mol. The highest BCUT2D eigenvalue weighted by atomic mass is 28.4. The molecule has 0 aromatic heterocycles. The van der Waals surface area contributed by atoms with E-state index in [-0.39, 0.29) is 11.8 Å². The van der Waals surface area contributed by atoms with Gasteiger partial charge in [-0.25, -0.2) is 9.18 Å². The van der Waals surface area contributed by atoms with Crippen molar-refractivity contribution in [2.45, 2.75) is 13.1 Å². The van der Waals surface area contributed by atoms with Crippen molar-refractivity contribution in [3.8, 4) is 0 Å². The van der Waals surface area contributed by atoms with E-state index in [0.29, 0.717) is 10.8 Å². The molecule has 0 N–H and O–H groups in total. The summed E-state index contributed by atoms with van der Waals surface area (Å²) in [6, 6.07) is 4.52. The van der Waals surface area contributed by atoms with Crippen LogP contribution in [0.1, 0.15) is 10.4 Å². The average molecular weight is 196 g/mol. The van der Waals surface area contributed by atoms with Crippen LogP contribution < -0.4 is 5.19 Å². The van der Waals surface area contributed by atoms with Crippen LogP contribution in [0.25, 0.3) is 0 Å². The van der Waals surface area contributed by atoms with E-state index < -0.39 is 8.32 Å². The minimum atomic E-state index is -2.29. The molecule has 0 amide bonds. The van der Waals surface area contributed by atoms with E-state index in [1.807, 2.05) is 13.1 Å². The molecule has 0 saturated carbocycles. The Morgan fingerprint density at radius 2 is 2.08 bits per heavy atom. The van der Waals surface area contributed by atoms with E-state index in [0.717, 1.165) is 0 Å². The standard InChI is InChI=1S/C9H9FO2Si/c1-13(2)8-6(9(11)12-13)4-3-5-7(8)10/h3-5H,1-2H3. The summed E-state index contributed by atoms with van der Waals surface area (Å²) >= 11 is 0. The van der Waals surface area contributed by atoms with E-state index in [4.69, 9.17) is 4.43 Å². The molecule has 0 atom stereocenters.